The summed E-state index contributed by atoms with van der Waals surface area (Å²) in [5.41, 5.74) is 0.772. The van der Waals surface area contributed by atoms with E-state index in [9.17, 15) is 4.39 Å². The Balaban J connectivity index is 2.04. The van der Waals surface area contributed by atoms with Gasteiger partial charge in [-0.3, -0.25) is 0 Å². The minimum Gasteiger partial charge on any atom is -0.491 e. The van der Waals surface area contributed by atoms with E-state index in [2.05, 4.69) is 5.32 Å². The van der Waals surface area contributed by atoms with Crippen molar-refractivity contribution in [3.8, 4) is 5.75 Å². The van der Waals surface area contributed by atoms with Gasteiger partial charge >= 0.3 is 0 Å². The van der Waals surface area contributed by atoms with Crippen LogP contribution in [0.3, 0.4) is 0 Å². The third-order valence-electron chi connectivity index (χ3n) is 2.96. The Hall–Kier alpha value is -1.29. The molecule has 1 fully saturated rings. The van der Waals surface area contributed by atoms with Crippen molar-refractivity contribution in [1.29, 1.82) is 0 Å². The summed E-state index contributed by atoms with van der Waals surface area (Å²) in [5.74, 6) is -0.0304. The zero-order chi connectivity index (χ0) is 12.3. The Morgan fingerprint density at radius 2 is 2.35 bits per heavy atom. The molecule has 2 rings (SSSR count). The molecule has 0 amide bonds. The van der Waals surface area contributed by atoms with Crippen LogP contribution < -0.4 is 10.1 Å². The van der Waals surface area contributed by atoms with E-state index in [4.69, 9.17) is 9.47 Å². The average molecular weight is 239 g/mol. The predicted octanol–water partition coefficient (Wildman–Crippen LogP) is 2.81. The number of nitrogens with one attached hydrogen (secondary N) is 1. The lowest BCUT2D eigenvalue weighted by molar-refractivity contribution is 0.121. The zero-order valence-corrected chi connectivity index (χ0v) is 10.2. The van der Waals surface area contributed by atoms with E-state index in [-0.39, 0.29) is 18.0 Å². The van der Waals surface area contributed by atoms with Crippen LogP contribution in [0.5, 0.6) is 5.75 Å². The molecule has 1 aromatic carbocycles. The van der Waals surface area contributed by atoms with Crippen LogP contribution in [0.2, 0.25) is 0 Å². The number of benzene rings is 1. The SMILES string of the molecule is CCOc1ccc(NC2CCOC2C)cc1F. The van der Waals surface area contributed by atoms with Crippen molar-refractivity contribution in [2.45, 2.75) is 32.4 Å². The quantitative estimate of drug-likeness (QED) is 0.876. The van der Waals surface area contributed by atoms with Crippen molar-refractivity contribution >= 4 is 5.69 Å². The largest absolute Gasteiger partial charge is 0.491 e. The van der Waals surface area contributed by atoms with Gasteiger partial charge < -0.3 is 14.8 Å². The summed E-state index contributed by atoms with van der Waals surface area (Å²) in [7, 11) is 0. The van der Waals surface area contributed by atoms with Crippen molar-refractivity contribution in [3.05, 3.63) is 24.0 Å². The average Bonchev–Trinajstić information content (AvgIpc) is 2.69. The number of halogens is 1. The maximum absolute atomic E-state index is 13.6. The molecule has 0 aliphatic carbocycles. The lowest BCUT2D eigenvalue weighted by atomic mass is 10.1. The molecule has 94 valence electrons. The van der Waals surface area contributed by atoms with E-state index in [0.29, 0.717) is 12.4 Å². The van der Waals surface area contributed by atoms with Crippen LogP contribution in [-0.4, -0.2) is 25.4 Å². The van der Waals surface area contributed by atoms with Gasteiger partial charge in [0.25, 0.3) is 0 Å². The number of hydrogen-bond acceptors (Lipinski definition) is 3. The molecular weight excluding hydrogens is 221 g/mol. The van der Waals surface area contributed by atoms with Crippen molar-refractivity contribution < 1.29 is 13.9 Å². The minimum atomic E-state index is -0.330. The molecule has 1 N–H and O–H groups in total. The summed E-state index contributed by atoms with van der Waals surface area (Å²) in [5, 5.41) is 3.28. The Bertz CT molecular complexity index is 384. The standard InChI is InChI=1S/C13H18FNO2/c1-3-16-13-5-4-10(8-11(13)14)15-12-6-7-17-9(12)2/h4-5,8-9,12,15H,3,6-7H2,1-2H3. The molecule has 1 aliphatic rings. The van der Waals surface area contributed by atoms with Crippen LogP contribution in [0.1, 0.15) is 20.3 Å². The molecule has 0 spiro atoms. The third-order valence-corrected chi connectivity index (χ3v) is 2.96. The van der Waals surface area contributed by atoms with Crippen molar-refractivity contribution in [3.63, 3.8) is 0 Å². The van der Waals surface area contributed by atoms with Gasteiger partial charge in [-0.2, -0.15) is 0 Å². The number of hydrogen-bond donors (Lipinski definition) is 1. The van der Waals surface area contributed by atoms with Gasteiger partial charge in [-0.15, -0.1) is 0 Å². The van der Waals surface area contributed by atoms with Crippen LogP contribution in [0.4, 0.5) is 10.1 Å². The topological polar surface area (TPSA) is 30.5 Å². The van der Waals surface area contributed by atoms with Crippen LogP contribution in [0, 0.1) is 5.82 Å². The molecule has 4 heteroatoms. The van der Waals surface area contributed by atoms with Gasteiger partial charge in [0.2, 0.25) is 0 Å². The molecule has 3 nitrogen and oxygen atoms in total. The maximum Gasteiger partial charge on any atom is 0.167 e. The van der Waals surface area contributed by atoms with Gasteiger partial charge in [0.15, 0.2) is 11.6 Å². The van der Waals surface area contributed by atoms with E-state index >= 15 is 0 Å². The fraction of sp³-hybridized carbons (Fsp3) is 0.538. The fourth-order valence-electron chi connectivity index (χ4n) is 2.00. The van der Waals surface area contributed by atoms with E-state index in [1.54, 1.807) is 6.07 Å². The molecule has 0 bridgehead atoms. The Morgan fingerprint density at radius 3 is 2.94 bits per heavy atom. The predicted molar refractivity (Wildman–Crippen MR) is 65.0 cm³/mol. The van der Waals surface area contributed by atoms with Gasteiger partial charge in [-0.1, -0.05) is 0 Å². The molecule has 2 atom stereocenters. The highest BCUT2D eigenvalue weighted by atomic mass is 19.1. The monoisotopic (exact) mass is 239 g/mol. The molecular formula is C13H18FNO2. The Labute approximate surface area is 101 Å². The zero-order valence-electron chi connectivity index (χ0n) is 10.2. The van der Waals surface area contributed by atoms with Crippen LogP contribution >= 0.6 is 0 Å². The number of ether oxygens (including phenoxy) is 2. The van der Waals surface area contributed by atoms with Gasteiger partial charge in [-0.25, -0.2) is 4.39 Å². The lowest BCUT2D eigenvalue weighted by Crippen LogP contribution is -2.26. The molecule has 1 heterocycles. The molecule has 1 aliphatic heterocycles. The number of anilines is 1. The summed E-state index contributed by atoms with van der Waals surface area (Å²) >= 11 is 0. The Morgan fingerprint density at radius 1 is 1.53 bits per heavy atom. The van der Waals surface area contributed by atoms with Gasteiger partial charge in [-0.05, 0) is 32.4 Å². The molecule has 17 heavy (non-hydrogen) atoms. The second-order valence-corrected chi connectivity index (χ2v) is 4.19. The van der Waals surface area contributed by atoms with Crippen molar-refractivity contribution in [2.24, 2.45) is 0 Å². The molecule has 2 unspecified atom stereocenters. The van der Waals surface area contributed by atoms with Crippen LogP contribution in [-0.2, 0) is 4.74 Å². The van der Waals surface area contributed by atoms with E-state index in [0.717, 1.165) is 18.7 Å². The van der Waals surface area contributed by atoms with Crippen molar-refractivity contribution in [1.82, 2.24) is 0 Å². The minimum absolute atomic E-state index is 0.171. The first-order valence-electron chi connectivity index (χ1n) is 6.01. The molecule has 1 saturated heterocycles. The number of rotatable bonds is 4. The van der Waals surface area contributed by atoms with E-state index in [1.807, 2.05) is 19.9 Å². The Kier molecular flexibility index (Phi) is 3.84. The first-order valence-corrected chi connectivity index (χ1v) is 6.01. The summed E-state index contributed by atoms with van der Waals surface area (Å²) in [4.78, 5) is 0. The van der Waals surface area contributed by atoms with E-state index in [1.165, 1.54) is 6.07 Å². The summed E-state index contributed by atoms with van der Waals surface area (Å²) in [6, 6.07) is 5.21. The van der Waals surface area contributed by atoms with Crippen LogP contribution in [0.15, 0.2) is 18.2 Å². The molecule has 0 saturated carbocycles. The second kappa shape index (κ2) is 5.36. The smallest absolute Gasteiger partial charge is 0.167 e. The third kappa shape index (κ3) is 2.88. The molecule has 1 aromatic rings. The van der Waals surface area contributed by atoms with Crippen molar-refractivity contribution in [2.75, 3.05) is 18.5 Å². The summed E-state index contributed by atoms with van der Waals surface area (Å²) < 4.78 is 24.2. The highest BCUT2D eigenvalue weighted by Gasteiger charge is 2.23. The van der Waals surface area contributed by atoms with E-state index < -0.39 is 0 Å². The van der Waals surface area contributed by atoms with Gasteiger partial charge in [0.1, 0.15) is 0 Å². The molecule has 0 aromatic heterocycles. The first-order chi connectivity index (χ1) is 8.20. The summed E-state index contributed by atoms with van der Waals surface area (Å²) in [6.45, 7) is 5.09. The summed E-state index contributed by atoms with van der Waals surface area (Å²) in [6.07, 6.45) is 1.13. The van der Waals surface area contributed by atoms with Gasteiger partial charge in [0.05, 0.1) is 18.8 Å². The molecule has 0 radical (unpaired) electrons. The van der Waals surface area contributed by atoms with Gasteiger partial charge in [0, 0.05) is 18.4 Å². The highest BCUT2D eigenvalue weighted by molar-refractivity contribution is 5.48. The lowest BCUT2D eigenvalue weighted by Gasteiger charge is -2.17. The van der Waals surface area contributed by atoms with Crippen LogP contribution in [0.25, 0.3) is 0 Å². The first kappa shape index (κ1) is 12.2. The highest BCUT2D eigenvalue weighted by Crippen LogP contribution is 2.24. The normalized spacial score (nSPS) is 23.7. The fourth-order valence-corrected chi connectivity index (χ4v) is 2.00. The maximum atomic E-state index is 13.6. The second-order valence-electron chi connectivity index (χ2n) is 4.19.